The third-order valence-corrected chi connectivity index (χ3v) is 3.86. The van der Waals surface area contributed by atoms with E-state index in [1.807, 2.05) is 45.0 Å². The molecular formula is C18H19BrN2O3. The minimum absolute atomic E-state index is 0.183. The normalized spacial score (nSPS) is 10.2. The SMILES string of the molecule is Cc1ccc(C(=O)NNC(=O)COc2c(C)cc(Br)cc2C)cc1. The Morgan fingerprint density at radius 1 is 1.00 bits per heavy atom. The lowest BCUT2D eigenvalue weighted by atomic mass is 10.1. The second-order valence-corrected chi connectivity index (χ2v) is 6.44. The Morgan fingerprint density at radius 2 is 1.58 bits per heavy atom. The van der Waals surface area contributed by atoms with Crippen LogP contribution in [0.4, 0.5) is 0 Å². The number of rotatable bonds is 4. The molecule has 0 radical (unpaired) electrons. The van der Waals surface area contributed by atoms with Gasteiger partial charge in [0.05, 0.1) is 0 Å². The average molecular weight is 391 g/mol. The first kappa shape index (κ1) is 18.0. The number of nitrogens with one attached hydrogen (secondary N) is 2. The molecule has 126 valence electrons. The van der Waals surface area contributed by atoms with Crippen LogP contribution >= 0.6 is 15.9 Å². The van der Waals surface area contributed by atoms with Crippen molar-refractivity contribution < 1.29 is 14.3 Å². The predicted molar refractivity (Wildman–Crippen MR) is 95.9 cm³/mol. The maximum absolute atomic E-state index is 11.9. The summed E-state index contributed by atoms with van der Waals surface area (Å²) in [5.41, 5.74) is 8.10. The highest BCUT2D eigenvalue weighted by Gasteiger charge is 2.10. The topological polar surface area (TPSA) is 67.4 Å². The molecule has 0 fully saturated rings. The Kier molecular flexibility index (Phi) is 5.98. The van der Waals surface area contributed by atoms with Crippen LogP contribution in [0.1, 0.15) is 27.0 Å². The number of carbonyl (C=O) groups excluding carboxylic acids is 2. The molecule has 0 spiro atoms. The standard InChI is InChI=1S/C18H19BrN2O3/c1-11-4-6-14(7-5-11)18(23)21-20-16(22)10-24-17-12(2)8-15(19)9-13(17)3/h4-9H,10H2,1-3H3,(H,20,22)(H,21,23). The van der Waals surface area contributed by atoms with Gasteiger partial charge in [0.15, 0.2) is 6.61 Å². The van der Waals surface area contributed by atoms with Crippen LogP contribution in [0.5, 0.6) is 5.75 Å². The maximum Gasteiger partial charge on any atom is 0.276 e. The summed E-state index contributed by atoms with van der Waals surface area (Å²) >= 11 is 3.41. The van der Waals surface area contributed by atoms with E-state index < -0.39 is 5.91 Å². The Balaban J connectivity index is 1.86. The number of aryl methyl sites for hydroxylation is 3. The third-order valence-electron chi connectivity index (χ3n) is 3.40. The molecule has 0 heterocycles. The Labute approximate surface area is 149 Å². The molecule has 0 aromatic heterocycles. The van der Waals surface area contributed by atoms with Crippen molar-refractivity contribution in [1.29, 1.82) is 0 Å². The number of benzene rings is 2. The second-order valence-electron chi connectivity index (χ2n) is 5.53. The maximum atomic E-state index is 11.9. The number of hydrazine groups is 1. The van der Waals surface area contributed by atoms with Gasteiger partial charge in [0.25, 0.3) is 11.8 Å². The smallest absolute Gasteiger partial charge is 0.276 e. The fourth-order valence-corrected chi connectivity index (χ4v) is 2.89. The molecule has 0 saturated carbocycles. The number of hydrogen-bond acceptors (Lipinski definition) is 3. The van der Waals surface area contributed by atoms with E-state index in [2.05, 4.69) is 26.8 Å². The molecule has 2 aromatic carbocycles. The first-order chi connectivity index (χ1) is 11.4. The fourth-order valence-electron chi connectivity index (χ4n) is 2.20. The van der Waals surface area contributed by atoms with Crippen LogP contribution in [0, 0.1) is 20.8 Å². The summed E-state index contributed by atoms with van der Waals surface area (Å²) in [4.78, 5) is 23.7. The molecule has 2 rings (SSSR count). The first-order valence-electron chi connectivity index (χ1n) is 7.42. The summed E-state index contributed by atoms with van der Waals surface area (Å²) in [6.45, 7) is 5.57. The van der Waals surface area contributed by atoms with Crippen molar-refractivity contribution in [3.63, 3.8) is 0 Å². The summed E-state index contributed by atoms with van der Waals surface area (Å²) < 4.78 is 6.51. The van der Waals surface area contributed by atoms with Crippen molar-refractivity contribution in [1.82, 2.24) is 10.9 Å². The Bertz CT molecular complexity index is 734. The number of amides is 2. The highest BCUT2D eigenvalue weighted by molar-refractivity contribution is 9.10. The molecule has 5 nitrogen and oxygen atoms in total. The lowest BCUT2D eigenvalue weighted by Crippen LogP contribution is -2.43. The summed E-state index contributed by atoms with van der Waals surface area (Å²) in [5, 5.41) is 0. The van der Waals surface area contributed by atoms with Crippen molar-refractivity contribution >= 4 is 27.7 Å². The zero-order valence-corrected chi connectivity index (χ0v) is 15.4. The van der Waals surface area contributed by atoms with Gasteiger partial charge in [-0.25, -0.2) is 0 Å². The number of halogens is 1. The molecule has 6 heteroatoms. The number of ether oxygens (including phenoxy) is 1. The first-order valence-corrected chi connectivity index (χ1v) is 8.21. The van der Waals surface area contributed by atoms with Crippen LogP contribution in [-0.2, 0) is 4.79 Å². The molecular weight excluding hydrogens is 372 g/mol. The van der Waals surface area contributed by atoms with Crippen molar-refractivity contribution in [3.8, 4) is 5.75 Å². The molecule has 0 bridgehead atoms. The lowest BCUT2D eigenvalue weighted by molar-refractivity contribution is -0.123. The molecule has 24 heavy (non-hydrogen) atoms. The van der Waals surface area contributed by atoms with Crippen LogP contribution < -0.4 is 15.6 Å². The van der Waals surface area contributed by atoms with E-state index in [0.29, 0.717) is 11.3 Å². The Hall–Kier alpha value is -2.34. The molecule has 0 saturated heterocycles. The van der Waals surface area contributed by atoms with Gasteiger partial charge in [-0.05, 0) is 56.2 Å². The van der Waals surface area contributed by atoms with Crippen LogP contribution in [0.2, 0.25) is 0 Å². The zero-order chi connectivity index (χ0) is 17.7. The van der Waals surface area contributed by atoms with Crippen LogP contribution in [0.25, 0.3) is 0 Å². The highest BCUT2D eigenvalue weighted by atomic mass is 79.9. The van der Waals surface area contributed by atoms with Gasteiger partial charge < -0.3 is 4.74 Å². The van der Waals surface area contributed by atoms with Crippen molar-refractivity contribution in [2.24, 2.45) is 0 Å². The van der Waals surface area contributed by atoms with Gasteiger partial charge in [-0.1, -0.05) is 33.6 Å². The quantitative estimate of drug-likeness (QED) is 0.787. The Morgan fingerprint density at radius 3 is 2.17 bits per heavy atom. The minimum atomic E-state index is -0.433. The summed E-state index contributed by atoms with van der Waals surface area (Å²) in [6.07, 6.45) is 0. The minimum Gasteiger partial charge on any atom is -0.483 e. The summed E-state index contributed by atoms with van der Waals surface area (Å²) in [6, 6.07) is 10.9. The van der Waals surface area contributed by atoms with E-state index in [0.717, 1.165) is 21.2 Å². The number of carbonyl (C=O) groups is 2. The predicted octanol–water partition coefficient (Wildman–Crippen LogP) is 3.21. The molecule has 0 unspecified atom stereocenters. The van der Waals surface area contributed by atoms with Crippen molar-refractivity contribution in [3.05, 3.63) is 63.1 Å². The second kappa shape index (κ2) is 7.97. The van der Waals surface area contributed by atoms with Gasteiger partial charge in [0, 0.05) is 10.0 Å². The van der Waals surface area contributed by atoms with E-state index in [-0.39, 0.29) is 12.5 Å². The van der Waals surface area contributed by atoms with Gasteiger partial charge >= 0.3 is 0 Å². The van der Waals surface area contributed by atoms with Gasteiger partial charge in [-0.3, -0.25) is 20.4 Å². The fraction of sp³-hybridized carbons (Fsp3) is 0.222. The van der Waals surface area contributed by atoms with Crippen molar-refractivity contribution in [2.75, 3.05) is 6.61 Å². The summed E-state index contributed by atoms with van der Waals surface area (Å²) in [7, 11) is 0. The van der Waals surface area contributed by atoms with E-state index >= 15 is 0 Å². The molecule has 2 aromatic rings. The van der Waals surface area contributed by atoms with E-state index in [1.54, 1.807) is 12.1 Å². The van der Waals surface area contributed by atoms with Gasteiger partial charge in [0.2, 0.25) is 0 Å². The third kappa shape index (κ3) is 4.83. The molecule has 2 N–H and O–H groups in total. The average Bonchev–Trinajstić information content (AvgIpc) is 2.52. The summed E-state index contributed by atoms with van der Waals surface area (Å²) in [5.74, 6) is -0.144. The van der Waals surface area contributed by atoms with Crippen molar-refractivity contribution in [2.45, 2.75) is 20.8 Å². The molecule has 0 atom stereocenters. The van der Waals surface area contributed by atoms with Crippen LogP contribution in [-0.4, -0.2) is 18.4 Å². The zero-order valence-electron chi connectivity index (χ0n) is 13.8. The van der Waals surface area contributed by atoms with E-state index in [1.165, 1.54) is 0 Å². The molecule has 0 aliphatic rings. The largest absolute Gasteiger partial charge is 0.483 e. The van der Waals surface area contributed by atoms with Crippen LogP contribution in [0.15, 0.2) is 40.9 Å². The highest BCUT2D eigenvalue weighted by Crippen LogP contribution is 2.27. The molecule has 2 amide bonds. The van der Waals surface area contributed by atoms with Gasteiger partial charge in [-0.2, -0.15) is 0 Å². The van der Waals surface area contributed by atoms with E-state index in [4.69, 9.17) is 4.74 Å². The van der Waals surface area contributed by atoms with Gasteiger partial charge in [-0.15, -0.1) is 0 Å². The monoisotopic (exact) mass is 390 g/mol. The van der Waals surface area contributed by atoms with Crippen LogP contribution in [0.3, 0.4) is 0 Å². The lowest BCUT2D eigenvalue weighted by Gasteiger charge is -2.13. The molecule has 0 aliphatic carbocycles. The molecule has 0 aliphatic heterocycles. The van der Waals surface area contributed by atoms with E-state index in [9.17, 15) is 9.59 Å². The van der Waals surface area contributed by atoms with Gasteiger partial charge in [0.1, 0.15) is 5.75 Å². The number of hydrogen-bond donors (Lipinski definition) is 2.